The molecule has 88 valence electrons. The van der Waals surface area contributed by atoms with Crippen LogP contribution in [0, 0.1) is 0 Å². The summed E-state index contributed by atoms with van der Waals surface area (Å²) in [6.07, 6.45) is 2.55. The van der Waals surface area contributed by atoms with Crippen molar-refractivity contribution in [3.05, 3.63) is 42.0 Å². The van der Waals surface area contributed by atoms with Gasteiger partial charge >= 0.3 is 0 Å². The molecule has 2 aliphatic rings. The minimum atomic E-state index is 0.0863. The topological polar surface area (TPSA) is 32.3 Å². The van der Waals surface area contributed by atoms with Crippen LogP contribution in [0.5, 0.6) is 0 Å². The third-order valence-corrected chi connectivity index (χ3v) is 3.39. The molecular weight excluding hydrogens is 212 g/mol. The van der Waals surface area contributed by atoms with E-state index in [0.29, 0.717) is 12.6 Å². The Labute approximate surface area is 101 Å². The van der Waals surface area contributed by atoms with Crippen molar-refractivity contribution < 1.29 is 4.79 Å². The third kappa shape index (κ3) is 1.87. The molecular formula is C14H16N2O. The molecule has 1 aliphatic carbocycles. The van der Waals surface area contributed by atoms with Crippen molar-refractivity contribution >= 4 is 11.6 Å². The van der Waals surface area contributed by atoms with Crippen LogP contribution in [0.1, 0.15) is 28.8 Å². The van der Waals surface area contributed by atoms with Gasteiger partial charge in [0.15, 0.2) is 0 Å². The van der Waals surface area contributed by atoms with Crippen LogP contribution >= 0.6 is 0 Å². The predicted molar refractivity (Wildman–Crippen MR) is 67.5 cm³/mol. The van der Waals surface area contributed by atoms with Gasteiger partial charge in [-0.3, -0.25) is 4.79 Å². The van der Waals surface area contributed by atoms with Crippen LogP contribution in [-0.4, -0.2) is 29.9 Å². The van der Waals surface area contributed by atoms with E-state index in [2.05, 4.69) is 11.9 Å². The van der Waals surface area contributed by atoms with Crippen LogP contribution in [0.4, 0.5) is 0 Å². The number of benzene rings is 1. The first-order valence-electron chi connectivity index (χ1n) is 6.11. The van der Waals surface area contributed by atoms with E-state index in [1.165, 1.54) is 12.8 Å². The Kier molecular flexibility index (Phi) is 2.48. The van der Waals surface area contributed by atoms with Gasteiger partial charge in [-0.05, 0) is 18.9 Å². The van der Waals surface area contributed by atoms with Gasteiger partial charge < -0.3 is 10.2 Å². The SMILES string of the molecule is C=C1c2ccccc2C(=O)N1CCNC1CC1. The van der Waals surface area contributed by atoms with E-state index >= 15 is 0 Å². The number of hydrogen-bond acceptors (Lipinski definition) is 2. The Morgan fingerprint density at radius 1 is 1.29 bits per heavy atom. The lowest BCUT2D eigenvalue weighted by Gasteiger charge is -2.17. The molecule has 1 N–H and O–H groups in total. The lowest BCUT2D eigenvalue weighted by Crippen LogP contribution is -2.32. The number of amides is 1. The lowest BCUT2D eigenvalue weighted by molar-refractivity contribution is 0.0851. The number of carbonyl (C=O) groups excluding carboxylic acids is 1. The maximum Gasteiger partial charge on any atom is 0.258 e. The second-order valence-electron chi connectivity index (χ2n) is 4.68. The van der Waals surface area contributed by atoms with Crippen molar-refractivity contribution in [3.8, 4) is 0 Å². The Morgan fingerprint density at radius 2 is 2.00 bits per heavy atom. The summed E-state index contributed by atoms with van der Waals surface area (Å²) >= 11 is 0. The summed E-state index contributed by atoms with van der Waals surface area (Å²) in [6, 6.07) is 8.36. The van der Waals surface area contributed by atoms with Gasteiger partial charge in [-0.1, -0.05) is 24.8 Å². The molecule has 0 aromatic heterocycles. The minimum Gasteiger partial charge on any atom is -0.312 e. The summed E-state index contributed by atoms with van der Waals surface area (Å²) in [5.41, 5.74) is 2.59. The van der Waals surface area contributed by atoms with Crippen LogP contribution in [0.15, 0.2) is 30.8 Å². The number of nitrogens with zero attached hydrogens (tertiary/aromatic N) is 1. The van der Waals surface area contributed by atoms with Crippen LogP contribution in [0.3, 0.4) is 0 Å². The highest BCUT2D eigenvalue weighted by atomic mass is 16.2. The zero-order valence-electron chi connectivity index (χ0n) is 9.78. The van der Waals surface area contributed by atoms with Crippen LogP contribution < -0.4 is 5.32 Å². The molecule has 0 spiro atoms. The normalized spacial score (nSPS) is 18.7. The fraction of sp³-hybridized carbons (Fsp3) is 0.357. The molecule has 0 saturated heterocycles. The fourth-order valence-electron chi connectivity index (χ4n) is 2.24. The van der Waals surface area contributed by atoms with Crippen LogP contribution in [0.25, 0.3) is 5.70 Å². The third-order valence-electron chi connectivity index (χ3n) is 3.39. The Morgan fingerprint density at radius 3 is 2.65 bits per heavy atom. The quantitative estimate of drug-likeness (QED) is 0.853. The number of carbonyl (C=O) groups is 1. The molecule has 17 heavy (non-hydrogen) atoms. The lowest BCUT2D eigenvalue weighted by atomic mass is 10.1. The van der Waals surface area contributed by atoms with E-state index < -0.39 is 0 Å². The second kappa shape index (κ2) is 4.00. The first-order valence-corrected chi connectivity index (χ1v) is 6.11. The number of nitrogens with one attached hydrogen (secondary N) is 1. The van der Waals surface area contributed by atoms with E-state index in [4.69, 9.17) is 0 Å². The summed E-state index contributed by atoms with van der Waals surface area (Å²) in [6.45, 7) is 5.58. The number of rotatable bonds is 4. The molecule has 3 nitrogen and oxygen atoms in total. The monoisotopic (exact) mass is 228 g/mol. The van der Waals surface area contributed by atoms with Crippen LogP contribution in [-0.2, 0) is 0 Å². The standard InChI is InChI=1S/C14H16N2O/c1-10-12-4-2-3-5-13(12)14(17)16(10)9-8-15-11-6-7-11/h2-5,11,15H,1,6-9H2. The Bertz CT molecular complexity index is 442. The molecule has 0 radical (unpaired) electrons. The first kappa shape index (κ1) is 10.5. The van der Waals surface area contributed by atoms with Gasteiger partial charge in [0.1, 0.15) is 0 Å². The molecule has 1 heterocycles. The highest BCUT2D eigenvalue weighted by Gasteiger charge is 2.30. The Hall–Kier alpha value is -1.61. The molecule has 0 bridgehead atoms. The molecule has 0 unspecified atom stereocenters. The van der Waals surface area contributed by atoms with Crippen LogP contribution in [0.2, 0.25) is 0 Å². The summed E-state index contributed by atoms with van der Waals surface area (Å²) in [7, 11) is 0. The van der Waals surface area contributed by atoms with Gasteiger partial charge in [0.2, 0.25) is 0 Å². The average Bonchev–Trinajstić information content (AvgIpc) is 3.13. The maximum atomic E-state index is 12.1. The number of hydrogen-bond donors (Lipinski definition) is 1. The highest BCUT2D eigenvalue weighted by molar-refractivity contribution is 6.08. The first-order chi connectivity index (χ1) is 8.27. The smallest absolute Gasteiger partial charge is 0.258 e. The zero-order chi connectivity index (χ0) is 11.8. The summed E-state index contributed by atoms with van der Waals surface area (Å²) in [5, 5.41) is 3.42. The van der Waals surface area contributed by atoms with Gasteiger partial charge in [0.25, 0.3) is 5.91 Å². The number of fused-ring (bicyclic) bond motifs is 1. The average molecular weight is 228 g/mol. The molecule has 1 saturated carbocycles. The molecule has 3 rings (SSSR count). The van der Waals surface area contributed by atoms with Gasteiger partial charge in [-0.15, -0.1) is 0 Å². The van der Waals surface area contributed by atoms with Crippen molar-refractivity contribution in [2.75, 3.05) is 13.1 Å². The summed E-state index contributed by atoms with van der Waals surface area (Å²) in [5.74, 6) is 0.0863. The van der Waals surface area contributed by atoms with Gasteiger partial charge in [-0.25, -0.2) is 0 Å². The predicted octanol–water partition coefficient (Wildman–Crippen LogP) is 1.87. The molecule has 1 fully saturated rings. The molecule has 1 aromatic carbocycles. The second-order valence-corrected chi connectivity index (χ2v) is 4.68. The van der Waals surface area contributed by atoms with Crippen molar-refractivity contribution in [1.82, 2.24) is 10.2 Å². The zero-order valence-corrected chi connectivity index (χ0v) is 9.78. The van der Waals surface area contributed by atoms with Gasteiger partial charge in [0, 0.05) is 36.0 Å². The Balaban J connectivity index is 1.70. The largest absolute Gasteiger partial charge is 0.312 e. The van der Waals surface area contributed by atoms with Crippen molar-refractivity contribution in [3.63, 3.8) is 0 Å². The molecule has 1 amide bonds. The fourth-order valence-corrected chi connectivity index (χ4v) is 2.24. The van der Waals surface area contributed by atoms with Crippen molar-refractivity contribution in [2.24, 2.45) is 0 Å². The minimum absolute atomic E-state index is 0.0863. The molecule has 3 heteroatoms. The maximum absolute atomic E-state index is 12.1. The molecule has 1 aromatic rings. The van der Waals surface area contributed by atoms with E-state index in [9.17, 15) is 4.79 Å². The van der Waals surface area contributed by atoms with Crippen molar-refractivity contribution in [2.45, 2.75) is 18.9 Å². The van der Waals surface area contributed by atoms with E-state index in [0.717, 1.165) is 23.4 Å². The van der Waals surface area contributed by atoms with Gasteiger partial charge in [0.05, 0.1) is 0 Å². The van der Waals surface area contributed by atoms with Crippen molar-refractivity contribution in [1.29, 1.82) is 0 Å². The molecule has 0 atom stereocenters. The summed E-state index contributed by atoms with van der Waals surface area (Å²) < 4.78 is 0. The van der Waals surface area contributed by atoms with E-state index in [1.54, 1.807) is 4.90 Å². The van der Waals surface area contributed by atoms with Gasteiger partial charge in [-0.2, -0.15) is 0 Å². The van der Waals surface area contributed by atoms with E-state index in [-0.39, 0.29) is 5.91 Å². The van der Waals surface area contributed by atoms with E-state index in [1.807, 2.05) is 24.3 Å². The summed E-state index contributed by atoms with van der Waals surface area (Å²) in [4.78, 5) is 13.9. The highest BCUT2D eigenvalue weighted by Crippen LogP contribution is 2.30. The molecule has 1 aliphatic heterocycles.